The molecule has 1 aliphatic rings. The minimum absolute atomic E-state index is 0.0973. The van der Waals surface area contributed by atoms with Crippen LogP contribution in [-0.4, -0.2) is 40.9 Å². The van der Waals surface area contributed by atoms with Crippen LogP contribution in [0.5, 0.6) is 0 Å². The molecule has 2 heterocycles. The van der Waals surface area contributed by atoms with Gasteiger partial charge in [-0.25, -0.2) is 0 Å². The minimum Gasteiger partial charge on any atom is -0.400 e. The Hall–Kier alpha value is -1.70. The Kier molecular flexibility index (Phi) is 5.47. The number of carbonyl (C=O) groups is 1. The highest BCUT2D eigenvalue weighted by Gasteiger charge is 2.52. The number of nitrogens with zero attached hydrogens (tertiary/aromatic N) is 1. The molecule has 24 heavy (non-hydrogen) atoms. The van der Waals surface area contributed by atoms with Gasteiger partial charge in [-0.3, -0.25) is 9.78 Å². The molecule has 0 bridgehead atoms. The zero-order chi connectivity index (χ0) is 18.0. The van der Waals surface area contributed by atoms with Gasteiger partial charge in [0.15, 0.2) is 0 Å². The van der Waals surface area contributed by atoms with Crippen LogP contribution in [0.4, 0.5) is 0 Å². The summed E-state index contributed by atoms with van der Waals surface area (Å²) in [5.41, 5.74) is 1.36. The van der Waals surface area contributed by atoms with E-state index in [1.54, 1.807) is 12.3 Å². The Morgan fingerprint density at radius 1 is 1.29 bits per heavy atom. The highest BCUT2D eigenvalue weighted by molar-refractivity contribution is 6.56. The van der Waals surface area contributed by atoms with E-state index in [0.29, 0.717) is 12.2 Å². The first kappa shape index (κ1) is 18.6. The Bertz CT molecular complexity index is 610. The SMILES string of the molecule is CC(=O)NCC(=Cc1ccc(CO)nc1)B1OC(C)(C)C(C)(C)O1. The van der Waals surface area contributed by atoms with Crippen LogP contribution in [0.3, 0.4) is 0 Å². The fourth-order valence-electron chi connectivity index (χ4n) is 2.25. The van der Waals surface area contributed by atoms with Gasteiger partial charge in [-0.15, -0.1) is 0 Å². The third-order valence-electron chi connectivity index (χ3n) is 4.46. The lowest BCUT2D eigenvalue weighted by atomic mass is 9.77. The first-order valence-corrected chi connectivity index (χ1v) is 8.01. The quantitative estimate of drug-likeness (QED) is 0.803. The molecule has 7 heteroatoms. The second-order valence-electron chi connectivity index (χ2n) is 6.96. The molecule has 0 saturated carbocycles. The number of carbonyl (C=O) groups excluding carboxylic acids is 1. The summed E-state index contributed by atoms with van der Waals surface area (Å²) in [6, 6.07) is 3.61. The van der Waals surface area contributed by atoms with Gasteiger partial charge >= 0.3 is 7.12 Å². The van der Waals surface area contributed by atoms with Gasteiger partial charge in [-0.1, -0.05) is 12.1 Å². The van der Waals surface area contributed by atoms with Crippen LogP contribution >= 0.6 is 0 Å². The summed E-state index contributed by atoms with van der Waals surface area (Å²) >= 11 is 0. The van der Waals surface area contributed by atoms with E-state index in [1.165, 1.54) is 6.92 Å². The van der Waals surface area contributed by atoms with Crippen molar-refractivity contribution in [1.82, 2.24) is 10.3 Å². The van der Waals surface area contributed by atoms with Crippen molar-refractivity contribution in [2.75, 3.05) is 6.54 Å². The first-order chi connectivity index (χ1) is 11.1. The monoisotopic (exact) mass is 332 g/mol. The van der Waals surface area contributed by atoms with Gasteiger partial charge in [-0.2, -0.15) is 0 Å². The van der Waals surface area contributed by atoms with Crippen LogP contribution in [0.2, 0.25) is 0 Å². The molecule has 1 fully saturated rings. The van der Waals surface area contributed by atoms with Gasteiger partial charge < -0.3 is 19.7 Å². The van der Waals surface area contributed by atoms with Crippen molar-refractivity contribution < 1.29 is 19.2 Å². The molecule has 1 amide bonds. The van der Waals surface area contributed by atoms with Gasteiger partial charge in [-0.05, 0) is 44.8 Å². The summed E-state index contributed by atoms with van der Waals surface area (Å²) in [5.74, 6) is -0.119. The van der Waals surface area contributed by atoms with Crippen molar-refractivity contribution in [3.05, 3.63) is 35.1 Å². The Labute approximate surface area is 143 Å². The van der Waals surface area contributed by atoms with Gasteiger partial charge in [0.05, 0.1) is 23.5 Å². The molecule has 0 aliphatic carbocycles. The van der Waals surface area contributed by atoms with Crippen molar-refractivity contribution in [3.63, 3.8) is 0 Å². The van der Waals surface area contributed by atoms with Gasteiger partial charge in [0.1, 0.15) is 0 Å². The first-order valence-electron chi connectivity index (χ1n) is 8.01. The van der Waals surface area contributed by atoms with Gasteiger partial charge in [0, 0.05) is 19.7 Å². The third-order valence-corrected chi connectivity index (χ3v) is 4.46. The van der Waals surface area contributed by atoms with Crippen LogP contribution in [0.15, 0.2) is 23.8 Å². The van der Waals surface area contributed by atoms with E-state index >= 15 is 0 Å². The van der Waals surface area contributed by atoms with Crippen molar-refractivity contribution in [2.45, 2.75) is 52.4 Å². The second-order valence-corrected chi connectivity index (χ2v) is 6.96. The summed E-state index contributed by atoms with van der Waals surface area (Å²) in [5, 5.41) is 11.9. The average Bonchev–Trinajstić information content (AvgIpc) is 2.72. The molecule has 1 aliphatic heterocycles. The number of rotatable bonds is 5. The van der Waals surface area contributed by atoms with Gasteiger partial charge in [0.25, 0.3) is 0 Å². The zero-order valence-corrected chi connectivity index (χ0v) is 14.9. The number of amides is 1. The molecule has 2 N–H and O–H groups in total. The number of aliphatic hydroxyl groups is 1. The van der Waals surface area contributed by atoms with E-state index in [2.05, 4.69) is 10.3 Å². The molecule has 6 nitrogen and oxygen atoms in total. The van der Waals surface area contributed by atoms with Crippen molar-refractivity contribution in [2.24, 2.45) is 0 Å². The van der Waals surface area contributed by atoms with Crippen molar-refractivity contribution in [3.8, 4) is 0 Å². The number of nitrogens with one attached hydrogen (secondary N) is 1. The Morgan fingerprint density at radius 2 is 1.92 bits per heavy atom. The smallest absolute Gasteiger partial charge is 0.400 e. The second kappa shape index (κ2) is 7.05. The topological polar surface area (TPSA) is 80.7 Å². The molecule has 0 aromatic carbocycles. The van der Waals surface area contributed by atoms with Crippen LogP contribution in [0.1, 0.15) is 45.9 Å². The highest BCUT2D eigenvalue weighted by atomic mass is 16.7. The van der Waals surface area contributed by atoms with E-state index in [0.717, 1.165) is 11.0 Å². The fraction of sp³-hybridized carbons (Fsp3) is 0.529. The molecule has 0 atom stereocenters. The molecule has 130 valence electrons. The summed E-state index contributed by atoms with van der Waals surface area (Å²) in [7, 11) is -0.542. The van der Waals surface area contributed by atoms with Crippen LogP contribution in [0, 0.1) is 0 Å². The standard InChI is InChI=1S/C17H25BN2O4/c1-12(22)19-10-14(8-13-6-7-15(11-21)20-9-13)18-23-16(2,3)17(4,5)24-18/h6-9,21H,10-11H2,1-5H3,(H,19,22). The molecule has 0 radical (unpaired) electrons. The van der Waals surface area contributed by atoms with E-state index in [-0.39, 0.29) is 12.5 Å². The van der Waals surface area contributed by atoms with Crippen molar-refractivity contribution in [1.29, 1.82) is 0 Å². The number of aliphatic hydroxyl groups excluding tert-OH is 1. The lowest BCUT2D eigenvalue weighted by Gasteiger charge is -2.32. The minimum atomic E-state index is -0.542. The number of pyridine rings is 1. The van der Waals surface area contributed by atoms with E-state index in [9.17, 15) is 4.79 Å². The lowest BCUT2D eigenvalue weighted by molar-refractivity contribution is -0.118. The van der Waals surface area contributed by atoms with Crippen molar-refractivity contribution >= 4 is 19.1 Å². The third kappa shape index (κ3) is 4.23. The molecule has 1 aromatic heterocycles. The molecule has 0 unspecified atom stereocenters. The molecule has 1 saturated heterocycles. The Balaban J connectivity index is 2.27. The fourth-order valence-corrected chi connectivity index (χ4v) is 2.25. The van der Waals surface area contributed by atoms with Crippen LogP contribution < -0.4 is 5.32 Å². The predicted octanol–water partition coefficient (Wildman–Crippen LogP) is 1.72. The Morgan fingerprint density at radius 3 is 2.38 bits per heavy atom. The summed E-state index contributed by atoms with van der Waals surface area (Å²) in [6.45, 7) is 9.65. The van der Waals surface area contributed by atoms with E-state index < -0.39 is 18.3 Å². The molecular weight excluding hydrogens is 307 g/mol. The number of aromatic nitrogens is 1. The number of hydrogen-bond acceptors (Lipinski definition) is 5. The zero-order valence-electron chi connectivity index (χ0n) is 14.9. The summed E-state index contributed by atoms with van der Waals surface area (Å²) in [6.07, 6.45) is 3.57. The summed E-state index contributed by atoms with van der Waals surface area (Å²) in [4.78, 5) is 15.5. The van der Waals surface area contributed by atoms with E-state index in [4.69, 9.17) is 14.4 Å². The maximum atomic E-state index is 11.3. The van der Waals surface area contributed by atoms with Crippen LogP contribution in [-0.2, 0) is 20.7 Å². The lowest BCUT2D eigenvalue weighted by Crippen LogP contribution is -2.41. The van der Waals surface area contributed by atoms with Crippen LogP contribution in [0.25, 0.3) is 6.08 Å². The highest BCUT2D eigenvalue weighted by Crippen LogP contribution is 2.38. The predicted molar refractivity (Wildman–Crippen MR) is 92.9 cm³/mol. The average molecular weight is 332 g/mol. The number of hydrogen-bond donors (Lipinski definition) is 2. The maximum Gasteiger partial charge on any atom is 0.492 e. The largest absolute Gasteiger partial charge is 0.492 e. The molecular formula is C17H25BN2O4. The summed E-state index contributed by atoms with van der Waals surface area (Å²) < 4.78 is 12.1. The molecule has 2 rings (SSSR count). The van der Waals surface area contributed by atoms with E-state index in [1.807, 2.05) is 39.8 Å². The molecule has 0 spiro atoms. The maximum absolute atomic E-state index is 11.3. The van der Waals surface area contributed by atoms with Gasteiger partial charge in [0.2, 0.25) is 5.91 Å². The molecule has 1 aromatic rings. The normalized spacial score (nSPS) is 19.4.